The number of rotatable bonds is 3. The second kappa shape index (κ2) is 5.71. The number of ether oxygens (including phenoxy) is 1. The van der Waals surface area contributed by atoms with Gasteiger partial charge in [-0.2, -0.15) is 0 Å². The summed E-state index contributed by atoms with van der Waals surface area (Å²) in [7, 11) is 1.48. The Labute approximate surface area is 114 Å². The molecule has 0 atom stereocenters. The number of methoxy groups -OCH3 is 1. The van der Waals surface area contributed by atoms with E-state index in [1.165, 1.54) is 19.2 Å². The lowest BCUT2D eigenvalue weighted by molar-refractivity contribution is 0.319. The van der Waals surface area contributed by atoms with Crippen molar-refractivity contribution in [1.29, 1.82) is 0 Å². The number of halogens is 2. The second-order valence-electron chi connectivity index (χ2n) is 3.77. The third-order valence-corrected chi connectivity index (χ3v) is 2.88. The van der Waals surface area contributed by atoms with Gasteiger partial charge in [-0.25, -0.2) is 4.39 Å². The maximum absolute atomic E-state index is 13.8. The topological polar surface area (TPSA) is 41.8 Å². The molecule has 0 bridgehead atoms. The summed E-state index contributed by atoms with van der Waals surface area (Å²) in [5.74, 6) is -0.0437. The Bertz CT molecular complexity index is 629. The van der Waals surface area contributed by atoms with Gasteiger partial charge in [0.1, 0.15) is 17.3 Å². The predicted molar refractivity (Wildman–Crippen MR) is 71.8 cm³/mol. The van der Waals surface area contributed by atoms with Crippen molar-refractivity contribution in [1.82, 2.24) is 0 Å². The molecule has 2 rings (SSSR count). The molecule has 0 fully saturated rings. The van der Waals surface area contributed by atoms with Gasteiger partial charge in [-0.15, -0.1) is 0 Å². The quantitative estimate of drug-likeness (QED) is 0.529. The van der Waals surface area contributed by atoms with Gasteiger partial charge < -0.3 is 9.94 Å². The van der Waals surface area contributed by atoms with Crippen LogP contribution >= 0.6 is 11.6 Å². The molecule has 0 aliphatic carbocycles. The monoisotopic (exact) mass is 279 g/mol. The van der Waals surface area contributed by atoms with Gasteiger partial charge >= 0.3 is 0 Å². The number of hydrogen-bond donors (Lipinski definition) is 1. The fourth-order valence-electron chi connectivity index (χ4n) is 1.77. The van der Waals surface area contributed by atoms with E-state index in [1.807, 2.05) is 0 Å². The van der Waals surface area contributed by atoms with E-state index in [1.54, 1.807) is 30.3 Å². The Morgan fingerprint density at radius 2 is 1.95 bits per heavy atom. The number of oxime groups is 1. The van der Waals surface area contributed by atoms with Crippen molar-refractivity contribution in [2.75, 3.05) is 7.11 Å². The Balaban J connectivity index is 2.62. The Morgan fingerprint density at radius 3 is 2.58 bits per heavy atom. The molecule has 0 amide bonds. The minimum atomic E-state index is -0.489. The van der Waals surface area contributed by atoms with Gasteiger partial charge in [0.15, 0.2) is 0 Å². The first-order valence-electron chi connectivity index (χ1n) is 5.48. The van der Waals surface area contributed by atoms with Gasteiger partial charge in [0.05, 0.1) is 7.11 Å². The zero-order chi connectivity index (χ0) is 13.8. The Morgan fingerprint density at radius 1 is 1.21 bits per heavy atom. The third kappa shape index (κ3) is 2.69. The van der Waals surface area contributed by atoms with E-state index in [4.69, 9.17) is 16.3 Å². The van der Waals surface area contributed by atoms with Crippen LogP contribution in [0.1, 0.15) is 11.1 Å². The summed E-state index contributed by atoms with van der Waals surface area (Å²) in [4.78, 5) is 0. The van der Waals surface area contributed by atoms with Gasteiger partial charge in [0, 0.05) is 16.1 Å². The number of benzene rings is 2. The molecule has 0 heterocycles. The highest BCUT2D eigenvalue weighted by Crippen LogP contribution is 2.26. The van der Waals surface area contributed by atoms with Crippen LogP contribution in [0.25, 0.3) is 0 Å². The summed E-state index contributed by atoms with van der Waals surface area (Å²) in [6, 6.07) is 10.8. The van der Waals surface area contributed by atoms with E-state index in [-0.39, 0.29) is 11.3 Å². The van der Waals surface area contributed by atoms with Crippen LogP contribution in [0.3, 0.4) is 0 Å². The van der Waals surface area contributed by atoms with Crippen molar-refractivity contribution in [3.63, 3.8) is 0 Å². The summed E-state index contributed by atoms with van der Waals surface area (Å²) >= 11 is 5.92. The summed E-state index contributed by atoms with van der Waals surface area (Å²) < 4.78 is 19.0. The van der Waals surface area contributed by atoms with Gasteiger partial charge in [-0.3, -0.25) is 0 Å². The SMILES string of the molecule is COc1ccc(Cl)cc1/C(=N/O)c1ccccc1F. The van der Waals surface area contributed by atoms with Gasteiger partial charge in [-0.05, 0) is 30.3 Å². The Hall–Kier alpha value is -2.07. The first kappa shape index (κ1) is 13.4. The summed E-state index contributed by atoms with van der Waals surface area (Å²) in [6.45, 7) is 0. The molecular formula is C14H11ClFNO2. The molecule has 0 unspecified atom stereocenters. The average Bonchev–Trinajstić information content (AvgIpc) is 2.42. The molecule has 19 heavy (non-hydrogen) atoms. The molecule has 0 saturated heterocycles. The predicted octanol–water partition coefficient (Wildman–Crippen LogP) is 3.71. The molecule has 2 aromatic carbocycles. The van der Waals surface area contributed by atoms with Crippen molar-refractivity contribution in [2.24, 2.45) is 5.16 Å². The van der Waals surface area contributed by atoms with Crippen LogP contribution in [0.15, 0.2) is 47.6 Å². The van der Waals surface area contributed by atoms with Crippen LogP contribution < -0.4 is 4.74 Å². The van der Waals surface area contributed by atoms with Crippen molar-refractivity contribution in [3.8, 4) is 5.75 Å². The second-order valence-corrected chi connectivity index (χ2v) is 4.21. The first-order valence-corrected chi connectivity index (χ1v) is 5.86. The molecule has 5 heteroatoms. The summed E-state index contributed by atoms with van der Waals surface area (Å²) in [5.41, 5.74) is 0.658. The van der Waals surface area contributed by atoms with E-state index in [0.29, 0.717) is 16.3 Å². The highest BCUT2D eigenvalue weighted by atomic mass is 35.5. The highest BCUT2D eigenvalue weighted by Gasteiger charge is 2.17. The average molecular weight is 280 g/mol. The van der Waals surface area contributed by atoms with Gasteiger partial charge in [0.25, 0.3) is 0 Å². The van der Waals surface area contributed by atoms with Crippen molar-refractivity contribution >= 4 is 17.3 Å². The molecule has 3 nitrogen and oxygen atoms in total. The van der Waals surface area contributed by atoms with Gasteiger partial charge in [-0.1, -0.05) is 28.9 Å². The van der Waals surface area contributed by atoms with E-state index < -0.39 is 5.82 Å². The zero-order valence-electron chi connectivity index (χ0n) is 10.1. The summed E-state index contributed by atoms with van der Waals surface area (Å²) in [5, 5.41) is 12.8. The highest BCUT2D eigenvalue weighted by molar-refractivity contribution is 6.31. The molecule has 2 aromatic rings. The molecule has 0 spiro atoms. The van der Waals surface area contributed by atoms with E-state index >= 15 is 0 Å². The van der Waals surface area contributed by atoms with Crippen LogP contribution in [-0.4, -0.2) is 18.0 Å². The lowest BCUT2D eigenvalue weighted by Crippen LogP contribution is -2.08. The minimum Gasteiger partial charge on any atom is -0.496 e. The normalized spacial score (nSPS) is 11.4. The maximum Gasteiger partial charge on any atom is 0.132 e. The number of nitrogens with zero attached hydrogens (tertiary/aromatic N) is 1. The molecule has 0 saturated carbocycles. The zero-order valence-corrected chi connectivity index (χ0v) is 10.9. The molecular weight excluding hydrogens is 269 g/mol. The molecule has 0 radical (unpaired) electrons. The van der Waals surface area contributed by atoms with E-state index in [0.717, 1.165) is 0 Å². The fraction of sp³-hybridized carbons (Fsp3) is 0.0714. The molecule has 98 valence electrons. The lowest BCUT2D eigenvalue weighted by atomic mass is 10.0. The van der Waals surface area contributed by atoms with Crippen molar-refractivity contribution in [3.05, 3.63) is 64.4 Å². The van der Waals surface area contributed by atoms with Crippen LogP contribution in [0.4, 0.5) is 4.39 Å². The fourth-order valence-corrected chi connectivity index (χ4v) is 1.94. The molecule has 1 N–H and O–H groups in total. The molecule has 0 aromatic heterocycles. The van der Waals surface area contributed by atoms with E-state index in [9.17, 15) is 9.60 Å². The van der Waals surface area contributed by atoms with Crippen molar-refractivity contribution < 1.29 is 14.3 Å². The number of hydrogen-bond acceptors (Lipinski definition) is 3. The van der Waals surface area contributed by atoms with Crippen molar-refractivity contribution in [2.45, 2.75) is 0 Å². The van der Waals surface area contributed by atoms with Crippen LogP contribution in [0, 0.1) is 5.82 Å². The first-order chi connectivity index (χ1) is 9.17. The van der Waals surface area contributed by atoms with Gasteiger partial charge in [0.2, 0.25) is 0 Å². The molecule has 0 aliphatic heterocycles. The molecule has 0 aliphatic rings. The third-order valence-electron chi connectivity index (χ3n) is 2.65. The van der Waals surface area contributed by atoms with Crippen LogP contribution in [0.2, 0.25) is 5.02 Å². The van der Waals surface area contributed by atoms with Crippen LogP contribution in [-0.2, 0) is 0 Å². The van der Waals surface area contributed by atoms with Crippen LogP contribution in [0.5, 0.6) is 5.75 Å². The lowest BCUT2D eigenvalue weighted by Gasteiger charge is -2.11. The summed E-state index contributed by atoms with van der Waals surface area (Å²) in [6.07, 6.45) is 0. The Kier molecular flexibility index (Phi) is 4.02. The standard InChI is InChI=1S/C14H11ClFNO2/c1-19-13-7-6-9(15)8-11(13)14(17-18)10-4-2-3-5-12(10)16/h2-8,18H,1H3/b17-14+. The smallest absolute Gasteiger partial charge is 0.132 e. The van der Waals surface area contributed by atoms with E-state index in [2.05, 4.69) is 5.16 Å². The maximum atomic E-state index is 13.8. The largest absolute Gasteiger partial charge is 0.496 e. The minimum absolute atomic E-state index is 0.0671.